The molecule has 2 N–H and O–H groups in total. The van der Waals surface area contributed by atoms with E-state index in [9.17, 15) is 9.90 Å². The van der Waals surface area contributed by atoms with Crippen LogP contribution in [0.1, 0.15) is 38.5 Å². The van der Waals surface area contributed by atoms with Gasteiger partial charge in [-0.2, -0.15) is 0 Å². The number of carbonyl (C=O) groups excluding carboxylic acids is 1. The van der Waals surface area contributed by atoms with E-state index in [0.29, 0.717) is 26.2 Å². The maximum Gasteiger partial charge on any atom is 0.251 e. The molecule has 3 rings (SSSR count). The predicted molar refractivity (Wildman–Crippen MR) is 91.9 cm³/mol. The number of piperazine rings is 1. The van der Waals surface area contributed by atoms with Gasteiger partial charge in [-0.05, 0) is 25.7 Å². The molecule has 1 amide bonds. The van der Waals surface area contributed by atoms with Crippen LogP contribution in [0.2, 0.25) is 0 Å². The molecule has 0 radical (unpaired) electrons. The Morgan fingerprint density at radius 3 is 2.46 bits per heavy atom. The van der Waals surface area contributed by atoms with Gasteiger partial charge in [-0.25, -0.2) is 0 Å². The second kappa shape index (κ2) is 7.70. The van der Waals surface area contributed by atoms with E-state index in [1.54, 1.807) is 7.05 Å². The molecule has 0 spiro atoms. The Morgan fingerprint density at radius 2 is 1.88 bits per heavy atom. The smallest absolute Gasteiger partial charge is 0.251 e. The largest absolute Gasteiger partial charge is 0.388 e. The molecular formula is C17H30N4O3. The van der Waals surface area contributed by atoms with Gasteiger partial charge in [0, 0.05) is 46.4 Å². The van der Waals surface area contributed by atoms with Gasteiger partial charge in [0.2, 0.25) is 0 Å². The lowest BCUT2D eigenvalue weighted by Gasteiger charge is -2.38. The Hall–Kier alpha value is -1.34. The van der Waals surface area contributed by atoms with Crippen molar-refractivity contribution < 1.29 is 14.6 Å². The summed E-state index contributed by atoms with van der Waals surface area (Å²) in [4.78, 5) is 20.8. The number of aliphatic hydroxyl groups is 1. The van der Waals surface area contributed by atoms with Crippen molar-refractivity contribution in [2.24, 2.45) is 4.99 Å². The van der Waals surface area contributed by atoms with Crippen LogP contribution in [-0.2, 0) is 9.53 Å². The fourth-order valence-electron chi connectivity index (χ4n) is 3.90. The Balaban J connectivity index is 1.46. The Kier molecular flexibility index (Phi) is 5.61. The summed E-state index contributed by atoms with van der Waals surface area (Å²) < 4.78 is 5.50. The van der Waals surface area contributed by atoms with E-state index >= 15 is 0 Å². The fraction of sp³-hybridized carbons (Fsp3) is 0.882. The number of carbonyl (C=O) groups is 1. The zero-order valence-electron chi connectivity index (χ0n) is 14.7. The van der Waals surface area contributed by atoms with Crippen LogP contribution in [0.5, 0.6) is 0 Å². The molecule has 24 heavy (non-hydrogen) atoms. The minimum atomic E-state index is -0.590. The summed E-state index contributed by atoms with van der Waals surface area (Å²) in [5.41, 5.74) is -0.590. The van der Waals surface area contributed by atoms with Crippen molar-refractivity contribution in [2.75, 3.05) is 46.4 Å². The third-order valence-electron chi connectivity index (χ3n) is 5.42. The summed E-state index contributed by atoms with van der Waals surface area (Å²) in [6.45, 7) is 4.17. The maximum absolute atomic E-state index is 12.4. The summed E-state index contributed by atoms with van der Waals surface area (Å²) >= 11 is 0. The molecular weight excluding hydrogens is 308 g/mol. The van der Waals surface area contributed by atoms with E-state index in [-0.39, 0.29) is 12.0 Å². The molecule has 0 bridgehead atoms. The number of amides is 1. The first-order valence-electron chi connectivity index (χ1n) is 9.20. The van der Waals surface area contributed by atoms with Gasteiger partial charge in [-0.1, -0.05) is 12.8 Å². The predicted octanol–water partition coefficient (Wildman–Crippen LogP) is 0.190. The van der Waals surface area contributed by atoms with Crippen molar-refractivity contribution in [1.82, 2.24) is 15.1 Å². The first kappa shape index (κ1) is 17.5. The number of hydrogen-bond donors (Lipinski definition) is 2. The van der Waals surface area contributed by atoms with E-state index in [1.807, 2.05) is 4.90 Å². The normalized spacial score (nSPS) is 27.6. The molecule has 7 heteroatoms. The van der Waals surface area contributed by atoms with Crippen LogP contribution in [0.25, 0.3) is 0 Å². The van der Waals surface area contributed by atoms with Gasteiger partial charge < -0.3 is 25.0 Å². The number of nitrogens with zero attached hydrogens (tertiary/aromatic N) is 3. The van der Waals surface area contributed by atoms with E-state index < -0.39 is 5.60 Å². The van der Waals surface area contributed by atoms with E-state index in [2.05, 4.69) is 15.2 Å². The quantitative estimate of drug-likeness (QED) is 0.567. The highest BCUT2D eigenvalue weighted by molar-refractivity contribution is 5.82. The number of ether oxygens (including phenoxy) is 1. The molecule has 7 nitrogen and oxygen atoms in total. The number of hydrogen-bond acceptors (Lipinski definition) is 4. The molecule has 136 valence electrons. The first-order chi connectivity index (χ1) is 11.6. The minimum absolute atomic E-state index is 0.135. The second-order valence-corrected chi connectivity index (χ2v) is 7.15. The number of rotatable bonds is 3. The van der Waals surface area contributed by atoms with Crippen LogP contribution >= 0.6 is 0 Å². The topological polar surface area (TPSA) is 77.4 Å². The molecule has 2 saturated heterocycles. The second-order valence-electron chi connectivity index (χ2n) is 7.15. The van der Waals surface area contributed by atoms with Crippen molar-refractivity contribution in [1.29, 1.82) is 0 Å². The molecule has 2 aliphatic heterocycles. The van der Waals surface area contributed by atoms with Crippen molar-refractivity contribution in [3.63, 3.8) is 0 Å². The Labute approximate surface area is 144 Å². The molecule has 2 heterocycles. The number of guanidine groups is 1. The summed E-state index contributed by atoms with van der Waals surface area (Å²) in [6.07, 6.45) is 5.52. The van der Waals surface area contributed by atoms with Gasteiger partial charge in [-0.3, -0.25) is 9.79 Å². The lowest BCUT2D eigenvalue weighted by atomic mass is 10.0. The summed E-state index contributed by atoms with van der Waals surface area (Å²) in [5, 5.41) is 13.8. The Bertz CT molecular complexity index is 462. The van der Waals surface area contributed by atoms with Crippen LogP contribution in [0.15, 0.2) is 4.99 Å². The SMILES string of the molecule is CN=C(NCC1(O)CCCC1)N1CCN(C(=O)C2CCCO2)CC1. The van der Waals surface area contributed by atoms with Crippen molar-refractivity contribution in [2.45, 2.75) is 50.2 Å². The molecule has 3 aliphatic rings. The third-order valence-corrected chi connectivity index (χ3v) is 5.42. The average Bonchev–Trinajstić information content (AvgIpc) is 3.27. The van der Waals surface area contributed by atoms with Crippen LogP contribution in [0.3, 0.4) is 0 Å². The van der Waals surface area contributed by atoms with Gasteiger partial charge in [0.15, 0.2) is 5.96 Å². The van der Waals surface area contributed by atoms with Crippen LogP contribution in [0.4, 0.5) is 0 Å². The first-order valence-corrected chi connectivity index (χ1v) is 9.20. The zero-order chi connectivity index (χ0) is 17.0. The summed E-state index contributed by atoms with van der Waals surface area (Å²) in [5.74, 6) is 0.954. The van der Waals surface area contributed by atoms with Crippen molar-refractivity contribution in [3.05, 3.63) is 0 Å². The molecule has 3 fully saturated rings. The highest BCUT2D eigenvalue weighted by Gasteiger charge is 2.33. The van der Waals surface area contributed by atoms with Gasteiger partial charge >= 0.3 is 0 Å². The molecule has 0 aromatic carbocycles. The minimum Gasteiger partial charge on any atom is -0.388 e. The van der Waals surface area contributed by atoms with Gasteiger partial charge in [0.05, 0.1) is 5.60 Å². The third kappa shape index (κ3) is 4.00. The maximum atomic E-state index is 12.4. The highest BCUT2D eigenvalue weighted by atomic mass is 16.5. The lowest BCUT2D eigenvalue weighted by Crippen LogP contribution is -2.56. The van der Waals surface area contributed by atoms with Crippen molar-refractivity contribution in [3.8, 4) is 0 Å². The van der Waals surface area contributed by atoms with Crippen LogP contribution in [-0.4, -0.2) is 84.9 Å². The van der Waals surface area contributed by atoms with Gasteiger partial charge in [0.1, 0.15) is 6.10 Å². The van der Waals surface area contributed by atoms with Crippen LogP contribution in [0, 0.1) is 0 Å². The van der Waals surface area contributed by atoms with E-state index in [4.69, 9.17) is 4.74 Å². The molecule has 1 saturated carbocycles. The molecule has 0 aromatic rings. The van der Waals surface area contributed by atoms with Crippen molar-refractivity contribution >= 4 is 11.9 Å². The van der Waals surface area contributed by atoms with E-state index in [0.717, 1.165) is 57.6 Å². The number of aliphatic imine (C=N–C) groups is 1. The summed E-state index contributed by atoms with van der Waals surface area (Å²) in [7, 11) is 1.77. The van der Waals surface area contributed by atoms with Gasteiger partial charge in [-0.15, -0.1) is 0 Å². The fourth-order valence-corrected chi connectivity index (χ4v) is 3.90. The zero-order valence-corrected chi connectivity index (χ0v) is 14.7. The Morgan fingerprint density at radius 1 is 1.21 bits per heavy atom. The molecule has 0 aromatic heterocycles. The monoisotopic (exact) mass is 338 g/mol. The summed E-state index contributed by atoms with van der Waals surface area (Å²) in [6, 6.07) is 0. The van der Waals surface area contributed by atoms with E-state index in [1.165, 1.54) is 0 Å². The molecule has 1 aliphatic carbocycles. The molecule has 1 atom stereocenters. The standard InChI is InChI=1S/C17H30N4O3/c1-18-16(19-13-17(23)6-2-3-7-17)21-10-8-20(9-11-21)15(22)14-5-4-12-24-14/h14,23H,2-13H2,1H3,(H,18,19). The lowest BCUT2D eigenvalue weighted by molar-refractivity contribution is -0.142. The number of nitrogens with one attached hydrogen (secondary N) is 1. The highest BCUT2D eigenvalue weighted by Crippen LogP contribution is 2.28. The van der Waals surface area contributed by atoms with Gasteiger partial charge in [0.25, 0.3) is 5.91 Å². The average molecular weight is 338 g/mol. The van der Waals surface area contributed by atoms with Crippen LogP contribution < -0.4 is 5.32 Å². The molecule has 1 unspecified atom stereocenters.